The first kappa shape index (κ1) is 15.2. The number of nitrogens with zero attached hydrogens (tertiary/aromatic N) is 1. The Morgan fingerprint density at radius 2 is 2.00 bits per heavy atom. The van der Waals surface area contributed by atoms with Crippen LogP contribution in [0.25, 0.3) is 0 Å². The van der Waals surface area contributed by atoms with Crippen molar-refractivity contribution in [1.29, 1.82) is 0 Å². The van der Waals surface area contributed by atoms with Crippen LogP contribution in [0.3, 0.4) is 0 Å². The Morgan fingerprint density at radius 3 is 2.63 bits per heavy atom. The van der Waals surface area contributed by atoms with Gasteiger partial charge in [0, 0.05) is 11.8 Å². The molecule has 1 heterocycles. The van der Waals surface area contributed by atoms with Crippen LogP contribution in [0.5, 0.6) is 0 Å². The Bertz CT molecular complexity index is 293. The average Bonchev–Trinajstić information content (AvgIpc) is 2.78. The van der Waals surface area contributed by atoms with Crippen molar-refractivity contribution in [3.63, 3.8) is 0 Å². The van der Waals surface area contributed by atoms with E-state index in [1.54, 1.807) is 0 Å². The third-order valence-corrected chi connectivity index (χ3v) is 5.38. The van der Waals surface area contributed by atoms with Gasteiger partial charge in [-0.3, -0.25) is 4.99 Å². The van der Waals surface area contributed by atoms with Gasteiger partial charge in [-0.15, -0.1) is 0 Å². The van der Waals surface area contributed by atoms with Gasteiger partial charge in [0.25, 0.3) is 0 Å². The van der Waals surface area contributed by atoms with Crippen LogP contribution < -0.4 is 5.32 Å². The van der Waals surface area contributed by atoms with Gasteiger partial charge in [0.05, 0.1) is 6.04 Å². The van der Waals surface area contributed by atoms with Crippen molar-refractivity contribution in [2.75, 3.05) is 5.75 Å². The van der Waals surface area contributed by atoms with Crippen LogP contribution in [0.15, 0.2) is 4.99 Å². The van der Waals surface area contributed by atoms with Crippen LogP contribution in [-0.4, -0.2) is 23.0 Å². The predicted octanol–water partition coefficient (Wildman–Crippen LogP) is 4.45. The second kappa shape index (κ2) is 7.56. The smallest absolute Gasteiger partial charge is 0.157 e. The van der Waals surface area contributed by atoms with Crippen molar-refractivity contribution < 1.29 is 0 Å². The zero-order chi connectivity index (χ0) is 13.7. The highest BCUT2D eigenvalue weighted by atomic mass is 32.2. The molecule has 1 aliphatic heterocycles. The molecule has 1 atom stereocenters. The fourth-order valence-electron chi connectivity index (χ4n) is 3.34. The number of amidine groups is 1. The SMILES string of the molecule is CCCC1CCC(NC2=NC(CC(C)C)CS2)CC1. The highest BCUT2D eigenvalue weighted by molar-refractivity contribution is 8.14. The third kappa shape index (κ3) is 5.02. The molecule has 2 aliphatic rings. The average molecular weight is 282 g/mol. The first-order valence-electron chi connectivity index (χ1n) is 8.14. The molecule has 110 valence electrons. The first-order chi connectivity index (χ1) is 9.17. The van der Waals surface area contributed by atoms with E-state index in [0.29, 0.717) is 12.1 Å². The van der Waals surface area contributed by atoms with E-state index >= 15 is 0 Å². The molecule has 1 saturated carbocycles. The Morgan fingerprint density at radius 1 is 1.26 bits per heavy atom. The molecule has 1 N–H and O–H groups in total. The summed E-state index contributed by atoms with van der Waals surface area (Å²) in [5.41, 5.74) is 0. The van der Waals surface area contributed by atoms with Crippen LogP contribution >= 0.6 is 11.8 Å². The predicted molar refractivity (Wildman–Crippen MR) is 86.9 cm³/mol. The van der Waals surface area contributed by atoms with Gasteiger partial charge in [0.15, 0.2) is 5.17 Å². The van der Waals surface area contributed by atoms with Gasteiger partial charge in [0.1, 0.15) is 0 Å². The molecule has 0 aromatic rings. The number of aliphatic imine (C=N–C) groups is 1. The van der Waals surface area contributed by atoms with Crippen molar-refractivity contribution in [3.8, 4) is 0 Å². The molecule has 0 saturated heterocycles. The second-order valence-electron chi connectivity index (χ2n) is 6.68. The fourth-order valence-corrected chi connectivity index (χ4v) is 4.37. The molecule has 1 aliphatic carbocycles. The van der Waals surface area contributed by atoms with Crippen LogP contribution in [0.1, 0.15) is 65.7 Å². The van der Waals surface area contributed by atoms with Crippen LogP contribution in [0.4, 0.5) is 0 Å². The summed E-state index contributed by atoms with van der Waals surface area (Å²) in [6.45, 7) is 6.89. The summed E-state index contributed by atoms with van der Waals surface area (Å²) in [5.74, 6) is 2.94. The summed E-state index contributed by atoms with van der Waals surface area (Å²) in [6.07, 6.45) is 9.54. The Hall–Kier alpha value is -0.180. The zero-order valence-electron chi connectivity index (χ0n) is 12.8. The monoisotopic (exact) mass is 282 g/mol. The first-order valence-corrected chi connectivity index (χ1v) is 9.13. The molecule has 1 unspecified atom stereocenters. The normalized spacial score (nSPS) is 31.6. The van der Waals surface area contributed by atoms with Gasteiger partial charge >= 0.3 is 0 Å². The van der Waals surface area contributed by atoms with Crippen LogP contribution in [0, 0.1) is 11.8 Å². The van der Waals surface area contributed by atoms with E-state index in [0.717, 1.165) is 11.8 Å². The summed E-state index contributed by atoms with van der Waals surface area (Å²) < 4.78 is 0. The number of hydrogen-bond donors (Lipinski definition) is 1. The topological polar surface area (TPSA) is 24.4 Å². The standard InChI is InChI=1S/C16H30N2S/c1-4-5-13-6-8-14(9-7-13)17-16-18-15(11-19-16)10-12(2)3/h12-15H,4-11H2,1-3H3,(H,17,18). The molecule has 0 aromatic heterocycles. The molecular weight excluding hydrogens is 252 g/mol. The van der Waals surface area contributed by atoms with E-state index in [1.165, 1.54) is 55.9 Å². The molecule has 2 rings (SSSR count). The van der Waals surface area contributed by atoms with Gasteiger partial charge in [-0.25, -0.2) is 0 Å². The maximum absolute atomic E-state index is 4.85. The Kier molecular flexibility index (Phi) is 6.06. The summed E-state index contributed by atoms with van der Waals surface area (Å²) in [4.78, 5) is 4.85. The largest absolute Gasteiger partial charge is 0.362 e. The van der Waals surface area contributed by atoms with E-state index < -0.39 is 0 Å². The summed E-state index contributed by atoms with van der Waals surface area (Å²) in [7, 11) is 0. The summed E-state index contributed by atoms with van der Waals surface area (Å²) in [5, 5.41) is 4.92. The lowest BCUT2D eigenvalue weighted by Gasteiger charge is -2.29. The van der Waals surface area contributed by atoms with E-state index in [9.17, 15) is 0 Å². The number of rotatable bonds is 5. The maximum atomic E-state index is 4.85. The minimum Gasteiger partial charge on any atom is -0.362 e. The van der Waals surface area contributed by atoms with Crippen LogP contribution in [0.2, 0.25) is 0 Å². The van der Waals surface area contributed by atoms with Gasteiger partial charge in [-0.1, -0.05) is 45.4 Å². The minimum atomic E-state index is 0.559. The molecule has 0 amide bonds. The van der Waals surface area contributed by atoms with Crippen molar-refractivity contribution in [3.05, 3.63) is 0 Å². The van der Waals surface area contributed by atoms with Gasteiger partial charge in [-0.05, 0) is 43.9 Å². The maximum Gasteiger partial charge on any atom is 0.157 e. The molecule has 0 radical (unpaired) electrons. The number of nitrogens with one attached hydrogen (secondary N) is 1. The highest BCUT2D eigenvalue weighted by Crippen LogP contribution is 2.29. The van der Waals surface area contributed by atoms with Gasteiger partial charge in [0.2, 0.25) is 0 Å². The quantitative estimate of drug-likeness (QED) is 0.805. The molecule has 0 aromatic carbocycles. The van der Waals surface area contributed by atoms with E-state index in [1.807, 2.05) is 11.8 Å². The minimum absolute atomic E-state index is 0.559. The highest BCUT2D eigenvalue weighted by Gasteiger charge is 2.24. The summed E-state index contributed by atoms with van der Waals surface area (Å²) >= 11 is 1.94. The molecule has 3 heteroatoms. The van der Waals surface area contributed by atoms with Gasteiger partial charge < -0.3 is 5.32 Å². The molecule has 2 nitrogen and oxygen atoms in total. The molecule has 0 spiro atoms. The van der Waals surface area contributed by atoms with Gasteiger partial charge in [-0.2, -0.15) is 0 Å². The van der Waals surface area contributed by atoms with E-state index in [4.69, 9.17) is 4.99 Å². The van der Waals surface area contributed by atoms with Crippen molar-refractivity contribution in [1.82, 2.24) is 5.32 Å². The van der Waals surface area contributed by atoms with E-state index in [2.05, 4.69) is 26.1 Å². The third-order valence-electron chi connectivity index (χ3n) is 4.33. The molecular formula is C16H30N2S. The molecule has 0 bridgehead atoms. The molecule has 1 fully saturated rings. The lowest BCUT2D eigenvalue weighted by Crippen LogP contribution is -2.35. The van der Waals surface area contributed by atoms with E-state index in [-0.39, 0.29) is 0 Å². The number of hydrogen-bond acceptors (Lipinski definition) is 3. The number of thioether (sulfide) groups is 1. The van der Waals surface area contributed by atoms with Crippen molar-refractivity contribution in [2.45, 2.75) is 77.8 Å². The lowest BCUT2D eigenvalue weighted by atomic mass is 9.83. The van der Waals surface area contributed by atoms with Crippen molar-refractivity contribution >= 4 is 16.9 Å². The van der Waals surface area contributed by atoms with Crippen molar-refractivity contribution in [2.24, 2.45) is 16.8 Å². The Balaban J connectivity index is 1.71. The molecule has 19 heavy (non-hydrogen) atoms. The Labute approximate surface area is 123 Å². The second-order valence-corrected chi connectivity index (χ2v) is 7.69. The zero-order valence-corrected chi connectivity index (χ0v) is 13.6. The fraction of sp³-hybridized carbons (Fsp3) is 0.938. The van der Waals surface area contributed by atoms with Crippen LogP contribution in [-0.2, 0) is 0 Å². The lowest BCUT2D eigenvalue weighted by molar-refractivity contribution is 0.296. The summed E-state index contributed by atoms with van der Waals surface area (Å²) in [6, 6.07) is 1.25.